The van der Waals surface area contributed by atoms with Gasteiger partial charge in [0.05, 0.1) is 29.8 Å². The Balaban J connectivity index is 1.33. The Hall–Kier alpha value is -3.59. The Morgan fingerprint density at radius 1 is 1.03 bits per heavy atom. The molecule has 1 atom stereocenters. The lowest BCUT2D eigenvalue weighted by Crippen LogP contribution is -2.07. The van der Waals surface area contributed by atoms with Crippen LogP contribution in [0.1, 0.15) is 18.7 Å². The molecule has 0 saturated heterocycles. The summed E-state index contributed by atoms with van der Waals surface area (Å²) in [6, 6.07) is 16.0. The molecule has 0 spiro atoms. The summed E-state index contributed by atoms with van der Waals surface area (Å²) in [5.74, 6) is -0.266. The Labute approximate surface area is 169 Å². The first-order chi connectivity index (χ1) is 14.2. The van der Waals surface area contributed by atoms with Crippen LogP contribution in [0.4, 0.5) is 9.52 Å². The predicted octanol–water partition coefficient (Wildman–Crippen LogP) is 4.35. The molecule has 0 aliphatic rings. The molecule has 5 rings (SSSR count). The van der Waals surface area contributed by atoms with Crippen molar-refractivity contribution in [2.24, 2.45) is 0 Å². The third kappa shape index (κ3) is 3.47. The zero-order valence-corrected chi connectivity index (χ0v) is 16.2. The number of halogens is 1. The van der Waals surface area contributed by atoms with Crippen molar-refractivity contribution in [1.29, 1.82) is 0 Å². The maximum absolute atomic E-state index is 13.1. The number of nitrogens with one attached hydrogen (secondary N) is 1. The highest BCUT2D eigenvalue weighted by molar-refractivity contribution is 7.20. The van der Waals surface area contributed by atoms with Crippen molar-refractivity contribution in [2.75, 3.05) is 5.32 Å². The van der Waals surface area contributed by atoms with E-state index < -0.39 is 0 Å². The van der Waals surface area contributed by atoms with Gasteiger partial charge in [0.1, 0.15) is 11.5 Å². The minimum Gasteiger partial charge on any atom is -0.352 e. The number of imidazole rings is 1. The van der Waals surface area contributed by atoms with Gasteiger partial charge in [-0.3, -0.25) is 0 Å². The minimum absolute atomic E-state index is 0.0695. The molecular formula is C20H16FN7S. The van der Waals surface area contributed by atoms with E-state index in [-0.39, 0.29) is 11.9 Å². The Morgan fingerprint density at radius 2 is 1.83 bits per heavy atom. The molecule has 0 fully saturated rings. The molecule has 29 heavy (non-hydrogen) atoms. The molecule has 0 bridgehead atoms. The van der Waals surface area contributed by atoms with E-state index >= 15 is 0 Å². The lowest BCUT2D eigenvalue weighted by molar-refractivity contribution is 0.628. The van der Waals surface area contributed by atoms with E-state index in [0.717, 1.165) is 32.7 Å². The van der Waals surface area contributed by atoms with Crippen LogP contribution in [0.3, 0.4) is 0 Å². The summed E-state index contributed by atoms with van der Waals surface area (Å²) in [5, 5.41) is 17.1. The zero-order chi connectivity index (χ0) is 19.8. The highest BCUT2D eigenvalue weighted by Crippen LogP contribution is 2.27. The van der Waals surface area contributed by atoms with Crippen LogP contribution in [0, 0.1) is 5.82 Å². The standard InChI is InChI=1S/C20H16FN7S/c1-13(17-11-27(26-24-17)16-5-3-2-4-6-16)22-19-25-28-12-18(23-20(28)29-19)14-7-9-15(21)10-8-14/h2-13H,1H3,(H,22,25). The van der Waals surface area contributed by atoms with Crippen LogP contribution in [0.2, 0.25) is 0 Å². The molecule has 5 aromatic rings. The van der Waals surface area contributed by atoms with Crippen LogP contribution >= 0.6 is 11.3 Å². The molecule has 144 valence electrons. The molecule has 0 aliphatic carbocycles. The van der Waals surface area contributed by atoms with Gasteiger partial charge in [0, 0.05) is 5.56 Å². The fourth-order valence-corrected chi connectivity index (χ4v) is 3.83. The molecule has 0 saturated carbocycles. The summed E-state index contributed by atoms with van der Waals surface area (Å²) in [7, 11) is 0. The van der Waals surface area contributed by atoms with Gasteiger partial charge in [0.15, 0.2) is 0 Å². The molecule has 9 heteroatoms. The van der Waals surface area contributed by atoms with Crippen molar-refractivity contribution in [1.82, 2.24) is 29.6 Å². The van der Waals surface area contributed by atoms with Crippen molar-refractivity contribution < 1.29 is 4.39 Å². The van der Waals surface area contributed by atoms with Gasteiger partial charge in [-0.05, 0) is 43.3 Å². The zero-order valence-electron chi connectivity index (χ0n) is 15.4. The van der Waals surface area contributed by atoms with Gasteiger partial charge in [0.2, 0.25) is 10.1 Å². The first kappa shape index (κ1) is 17.5. The summed E-state index contributed by atoms with van der Waals surface area (Å²) >= 11 is 1.44. The van der Waals surface area contributed by atoms with Gasteiger partial charge in [0.25, 0.3) is 0 Å². The minimum atomic E-state index is -0.266. The van der Waals surface area contributed by atoms with Gasteiger partial charge in [-0.25, -0.2) is 18.6 Å². The lowest BCUT2D eigenvalue weighted by Gasteiger charge is -2.08. The van der Waals surface area contributed by atoms with Crippen LogP contribution in [-0.2, 0) is 0 Å². The van der Waals surface area contributed by atoms with E-state index in [4.69, 9.17) is 0 Å². The van der Waals surface area contributed by atoms with Crippen molar-refractivity contribution in [3.63, 3.8) is 0 Å². The van der Waals surface area contributed by atoms with Gasteiger partial charge >= 0.3 is 0 Å². The molecule has 2 aromatic carbocycles. The van der Waals surface area contributed by atoms with Crippen molar-refractivity contribution in [2.45, 2.75) is 13.0 Å². The maximum atomic E-state index is 13.1. The van der Waals surface area contributed by atoms with E-state index in [1.54, 1.807) is 21.3 Å². The maximum Gasteiger partial charge on any atom is 0.214 e. The molecule has 0 aliphatic heterocycles. The number of nitrogens with zero attached hydrogens (tertiary/aromatic N) is 6. The first-order valence-electron chi connectivity index (χ1n) is 9.02. The van der Waals surface area contributed by atoms with Gasteiger partial charge < -0.3 is 5.32 Å². The predicted molar refractivity (Wildman–Crippen MR) is 110 cm³/mol. The number of hydrogen-bond donors (Lipinski definition) is 1. The summed E-state index contributed by atoms with van der Waals surface area (Å²) in [6.07, 6.45) is 3.74. The van der Waals surface area contributed by atoms with Crippen LogP contribution in [-0.4, -0.2) is 29.6 Å². The third-order valence-corrected chi connectivity index (χ3v) is 5.35. The summed E-state index contributed by atoms with van der Waals surface area (Å²) < 4.78 is 16.6. The average molecular weight is 405 g/mol. The second-order valence-corrected chi connectivity index (χ2v) is 7.51. The molecule has 1 unspecified atom stereocenters. The lowest BCUT2D eigenvalue weighted by atomic mass is 10.2. The number of benzene rings is 2. The molecule has 0 radical (unpaired) electrons. The van der Waals surface area contributed by atoms with E-state index in [1.165, 1.54) is 23.5 Å². The van der Waals surface area contributed by atoms with E-state index in [1.807, 2.05) is 49.6 Å². The molecule has 0 amide bonds. The third-order valence-electron chi connectivity index (χ3n) is 4.50. The van der Waals surface area contributed by atoms with Gasteiger partial charge in [-0.15, -0.1) is 10.2 Å². The Bertz CT molecular complexity index is 1230. The SMILES string of the molecule is CC(Nc1nn2cc(-c3ccc(F)cc3)nc2s1)c1cn(-c2ccccc2)nn1. The van der Waals surface area contributed by atoms with Crippen molar-refractivity contribution in [3.05, 3.63) is 78.5 Å². The number of para-hydroxylation sites is 1. The molecule has 3 aromatic heterocycles. The smallest absolute Gasteiger partial charge is 0.214 e. The number of anilines is 1. The summed E-state index contributed by atoms with van der Waals surface area (Å²) in [6.45, 7) is 2.01. The number of rotatable bonds is 5. The second kappa shape index (κ2) is 7.10. The topological polar surface area (TPSA) is 72.9 Å². The van der Waals surface area contributed by atoms with Gasteiger partial charge in [-0.2, -0.15) is 0 Å². The molecule has 1 N–H and O–H groups in total. The molecule has 3 heterocycles. The highest BCUT2D eigenvalue weighted by Gasteiger charge is 2.15. The Morgan fingerprint density at radius 3 is 2.59 bits per heavy atom. The van der Waals surface area contributed by atoms with Crippen LogP contribution in [0.25, 0.3) is 21.9 Å². The largest absolute Gasteiger partial charge is 0.352 e. The van der Waals surface area contributed by atoms with Crippen molar-refractivity contribution >= 4 is 21.4 Å². The van der Waals surface area contributed by atoms with E-state index in [9.17, 15) is 4.39 Å². The van der Waals surface area contributed by atoms with Gasteiger partial charge in [-0.1, -0.05) is 34.7 Å². The number of aromatic nitrogens is 6. The fourth-order valence-electron chi connectivity index (χ4n) is 2.96. The average Bonchev–Trinajstić information content (AvgIpc) is 3.44. The quantitative estimate of drug-likeness (QED) is 0.471. The number of fused-ring (bicyclic) bond motifs is 1. The number of hydrogen-bond acceptors (Lipinski definition) is 6. The van der Waals surface area contributed by atoms with Crippen LogP contribution in [0.5, 0.6) is 0 Å². The Kier molecular flexibility index (Phi) is 4.28. The van der Waals surface area contributed by atoms with E-state index in [0.29, 0.717) is 0 Å². The molecular weight excluding hydrogens is 389 g/mol. The normalized spacial score (nSPS) is 12.3. The monoisotopic (exact) mass is 405 g/mol. The molecule has 7 nitrogen and oxygen atoms in total. The van der Waals surface area contributed by atoms with Crippen LogP contribution in [0.15, 0.2) is 67.0 Å². The van der Waals surface area contributed by atoms with Crippen molar-refractivity contribution in [3.8, 4) is 16.9 Å². The highest BCUT2D eigenvalue weighted by atomic mass is 32.1. The fraction of sp³-hybridized carbons (Fsp3) is 0.100. The van der Waals surface area contributed by atoms with Crippen LogP contribution < -0.4 is 5.32 Å². The first-order valence-corrected chi connectivity index (χ1v) is 9.84. The summed E-state index contributed by atoms with van der Waals surface area (Å²) in [5.41, 5.74) is 3.38. The second-order valence-electron chi connectivity index (χ2n) is 6.56. The summed E-state index contributed by atoms with van der Waals surface area (Å²) in [4.78, 5) is 5.34. The van der Waals surface area contributed by atoms with E-state index in [2.05, 4.69) is 25.7 Å².